The molecule has 0 unspecified atom stereocenters. The molecular formula is C11H17N7O. The summed E-state index contributed by atoms with van der Waals surface area (Å²) in [5.74, 6) is 1.68. The Morgan fingerprint density at radius 1 is 1.42 bits per heavy atom. The number of nitrogens with one attached hydrogen (secondary N) is 1. The molecule has 0 saturated carbocycles. The van der Waals surface area contributed by atoms with E-state index in [0.717, 1.165) is 5.82 Å². The SMILES string of the molecule is CC(C)Oc1ncnc(NCc2nncn2C)c1N. The van der Waals surface area contributed by atoms with Gasteiger partial charge in [0, 0.05) is 7.05 Å². The molecule has 2 heterocycles. The fraction of sp³-hybridized carbons (Fsp3) is 0.455. The minimum absolute atomic E-state index is 0.00351. The molecular weight excluding hydrogens is 246 g/mol. The smallest absolute Gasteiger partial charge is 0.242 e. The van der Waals surface area contributed by atoms with Crippen LogP contribution >= 0.6 is 0 Å². The van der Waals surface area contributed by atoms with E-state index in [-0.39, 0.29) is 6.10 Å². The van der Waals surface area contributed by atoms with Crippen LogP contribution in [0.3, 0.4) is 0 Å². The van der Waals surface area contributed by atoms with Crippen LogP contribution in [0.1, 0.15) is 19.7 Å². The van der Waals surface area contributed by atoms with E-state index in [1.165, 1.54) is 6.33 Å². The average molecular weight is 263 g/mol. The molecule has 0 aliphatic heterocycles. The summed E-state index contributed by atoms with van der Waals surface area (Å²) in [6.45, 7) is 4.29. The van der Waals surface area contributed by atoms with Gasteiger partial charge in [0.1, 0.15) is 18.3 Å². The Hall–Kier alpha value is -2.38. The number of rotatable bonds is 5. The van der Waals surface area contributed by atoms with Crippen molar-refractivity contribution in [2.45, 2.75) is 26.5 Å². The lowest BCUT2D eigenvalue weighted by Crippen LogP contribution is -2.13. The van der Waals surface area contributed by atoms with Crippen molar-refractivity contribution in [2.75, 3.05) is 11.1 Å². The van der Waals surface area contributed by atoms with Crippen LogP contribution < -0.4 is 15.8 Å². The molecule has 2 rings (SSSR count). The van der Waals surface area contributed by atoms with E-state index in [0.29, 0.717) is 23.9 Å². The molecule has 0 bridgehead atoms. The highest BCUT2D eigenvalue weighted by Gasteiger charge is 2.11. The molecule has 19 heavy (non-hydrogen) atoms. The second-order valence-electron chi connectivity index (χ2n) is 4.32. The molecule has 0 saturated heterocycles. The third-order valence-electron chi connectivity index (χ3n) is 2.41. The fourth-order valence-electron chi connectivity index (χ4n) is 1.47. The predicted molar refractivity (Wildman–Crippen MR) is 70.5 cm³/mol. The summed E-state index contributed by atoms with van der Waals surface area (Å²) in [6.07, 6.45) is 3.05. The largest absolute Gasteiger partial charge is 0.473 e. The van der Waals surface area contributed by atoms with Gasteiger partial charge in [-0.25, -0.2) is 4.98 Å². The fourth-order valence-corrected chi connectivity index (χ4v) is 1.47. The maximum atomic E-state index is 5.95. The molecule has 0 amide bonds. The van der Waals surface area contributed by atoms with Gasteiger partial charge in [-0.3, -0.25) is 0 Å². The number of nitrogen functional groups attached to an aromatic ring is 1. The average Bonchev–Trinajstić information content (AvgIpc) is 2.76. The van der Waals surface area contributed by atoms with Gasteiger partial charge in [-0.2, -0.15) is 4.98 Å². The third kappa shape index (κ3) is 3.09. The number of anilines is 2. The number of aryl methyl sites for hydroxylation is 1. The van der Waals surface area contributed by atoms with Crippen molar-refractivity contribution in [2.24, 2.45) is 7.05 Å². The van der Waals surface area contributed by atoms with Crippen LogP contribution in [-0.2, 0) is 13.6 Å². The van der Waals surface area contributed by atoms with E-state index in [2.05, 4.69) is 25.5 Å². The van der Waals surface area contributed by atoms with Crippen LogP contribution in [0, 0.1) is 0 Å². The highest BCUT2D eigenvalue weighted by Crippen LogP contribution is 2.25. The van der Waals surface area contributed by atoms with Crippen molar-refractivity contribution in [1.29, 1.82) is 0 Å². The summed E-state index contributed by atoms with van der Waals surface area (Å²) in [4.78, 5) is 8.10. The van der Waals surface area contributed by atoms with Crippen molar-refractivity contribution in [3.05, 3.63) is 18.5 Å². The minimum Gasteiger partial charge on any atom is -0.473 e. The van der Waals surface area contributed by atoms with E-state index in [9.17, 15) is 0 Å². The first kappa shape index (κ1) is 13.1. The van der Waals surface area contributed by atoms with Crippen LogP contribution in [0.15, 0.2) is 12.7 Å². The Balaban J connectivity index is 2.10. The van der Waals surface area contributed by atoms with Gasteiger partial charge in [0.05, 0.1) is 12.6 Å². The normalized spacial score (nSPS) is 10.7. The number of aromatic nitrogens is 5. The molecule has 2 aromatic heterocycles. The quantitative estimate of drug-likeness (QED) is 0.813. The highest BCUT2D eigenvalue weighted by atomic mass is 16.5. The molecule has 0 aliphatic carbocycles. The Labute approximate surface area is 111 Å². The maximum absolute atomic E-state index is 5.95. The van der Waals surface area contributed by atoms with Crippen molar-refractivity contribution in [3.8, 4) is 5.88 Å². The molecule has 0 radical (unpaired) electrons. The maximum Gasteiger partial charge on any atom is 0.242 e. The lowest BCUT2D eigenvalue weighted by atomic mass is 10.4. The highest BCUT2D eigenvalue weighted by molar-refractivity contribution is 5.66. The van der Waals surface area contributed by atoms with Gasteiger partial charge >= 0.3 is 0 Å². The van der Waals surface area contributed by atoms with Crippen LogP contribution in [0.25, 0.3) is 0 Å². The van der Waals surface area contributed by atoms with E-state index in [4.69, 9.17) is 10.5 Å². The molecule has 8 nitrogen and oxygen atoms in total. The van der Waals surface area contributed by atoms with Gasteiger partial charge in [0.25, 0.3) is 0 Å². The van der Waals surface area contributed by atoms with Gasteiger partial charge in [0.2, 0.25) is 5.88 Å². The van der Waals surface area contributed by atoms with Crippen molar-refractivity contribution in [3.63, 3.8) is 0 Å². The van der Waals surface area contributed by atoms with Crippen molar-refractivity contribution in [1.82, 2.24) is 24.7 Å². The van der Waals surface area contributed by atoms with Crippen molar-refractivity contribution >= 4 is 11.5 Å². The first-order valence-electron chi connectivity index (χ1n) is 5.91. The number of nitrogens with two attached hydrogens (primary N) is 1. The van der Waals surface area contributed by atoms with Gasteiger partial charge in [-0.05, 0) is 13.8 Å². The van der Waals surface area contributed by atoms with Gasteiger partial charge in [-0.15, -0.1) is 10.2 Å². The topological polar surface area (TPSA) is 104 Å². The van der Waals surface area contributed by atoms with Gasteiger partial charge in [-0.1, -0.05) is 0 Å². The van der Waals surface area contributed by atoms with Gasteiger partial charge in [0.15, 0.2) is 11.6 Å². The standard InChI is InChI=1S/C11H17N7O/c1-7(2)19-11-9(12)10(14-5-15-11)13-4-8-17-16-6-18(8)3/h5-7H,4,12H2,1-3H3,(H,13,14,15). The zero-order valence-electron chi connectivity index (χ0n) is 11.2. The number of ether oxygens (including phenoxy) is 1. The monoisotopic (exact) mass is 263 g/mol. The van der Waals surface area contributed by atoms with Crippen LogP contribution in [0.4, 0.5) is 11.5 Å². The molecule has 3 N–H and O–H groups in total. The number of nitrogens with zero attached hydrogens (tertiary/aromatic N) is 5. The lowest BCUT2D eigenvalue weighted by molar-refractivity contribution is 0.234. The molecule has 2 aromatic rings. The zero-order valence-corrected chi connectivity index (χ0v) is 11.2. The number of hydrogen-bond acceptors (Lipinski definition) is 7. The van der Waals surface area contributed by atoms with Crippen LogP contribution in [-0.4, -0.2) is 30.8 Å². The Morgan fingerprint density at radius 3 is 2.84 bits per heavy atom. The molecule has 8 heteroatoms. The Bertz CT molecular complexity index is 552. The third-order valence-corrected chi connectivity index (χ3v) is 2.41. The molecule has 0 aromatic carbocycles. The molecule has 0 atom stereocenters. The van der Waals surface area contributed by atoms with Crippen LogP contribution in [0.5, 0.6) is 5.88 Å². The van der Waals surface area contributed by atoms with E-state index in [1.54, 1.807) is 6.33 Å². The zero-order chi connectivity index (χ0) is 13.8. The predicted octanol–water partition coefficient (Wildman–Crippen LogP) is 0.587. The van der Waals surface area contributed by atoms with Crippen molar-refractivity contribution < 1.29 is 4.74 Å². The summed E-state index contributed by atoms with van der Waals surface area (Å²) in [7, 11) is 1.87. The molecule has 0 fully saturated rings. The van der Waals surface area contributed by atoms with E-state index in [1.807, 2.05) is 25.5 Å². The second kappa shape index (κ2) is 5.51. The molecule has 0 spiro atoms. The Kier molecular flexibility index (Phi) is 3.79. The molecule has 0 aliphatic rings. The summed E-state index contributed by atoms with van der Waals surface area (Å²) >= 11 is 0. The molecule has 102 valence electrons. The first-order chi connectivity index (χ1) is 9.08. The summed E-state index contributed by atoms with van der Waals surface area (Å²) in [5.41, 5.74) is 6.34. The summed E-state index contributed by atoms with van der Waals surface area (Å²) < 4.78 is 7.31. The van der Waals surface area contributed by atoms with Gasteiger partial charge < -0.3 is 20.4 Å². The number of hydrogen-bond donors (Lipinski definition) is 2. The lowest BCUT2D eigenvalue weighted by Gasteiger charge is -2.13. The van der Waals surface area contributed by atoms with E-state index < -0.39 is 0 Å². The van der Waals surface area contributed by atoms with Crippen LogP contribution in [0.2, 0.25) is 0 Å². The Morgan fingerprint density at radius 2 is 2.21 bits per heavy atom. The minimum atomic E-state index is 0.00351. The second-order valence-corrected chi connectivity index (χ2v) is 4.32. The first-order valence-corrected chi connectivity index (χ1v) is 5.91. The summed E-state index contributed by atoms with van der Waals surface area (Å²) in [6, 6.07) is 0. The summed E-state index contributed by atoms with van der Waals surface area (Å²) in [5, 5.41) is 10.9. The van der Waals surface area contributed by atoms with E-state index >= 15 is 0 Å².